The van der Waals surface area contributed by atoms with Gasteiger partial charge in [-0.15, -0.1) is 0 Å². The number of aromatic nitrogens is 2. The van der Waals surface area contributed by atoms with Gasteiger partial charge in [-0.2, -0.15) is 0 Å². The van der Waals surface area contributed by atoms with Gasteiger partial charge in [0.05, 0.1) is 0 Å². The third-order valence-electron chi connectivity index (χ3n) is 3.29. The van der Waals surface area contributed by atoms with Crippen molar-refractivity contribution in [2.75, 3.05) is 11.6 Å². The van der Waals surface area contributed by atoms with Crippen molar-refractivity contribution in [2.45, 2.75) is 5.32 Å². The molecule has 110 valence electrons. The summed E-state index contributed by atoms with van der Waals surface area (Å²) in [7, 11) is 0. The third-order valence-corrected chi connectivity index (χ3v) is 5.29. The number of carbonyl (C=O) groups excluding carboxylic acids is 1. The molecule has 1 aromatic heterocycles. The molecule has 3 aromatic rings. The molecule has 0 spiro atoms. The average Bonchev–Trinajstić information content (AvgIpc) is 2.57. The molecule has 22 heavy (non-hydrogen) atoms. The number of nitrogens with zero attached hydrogens (tertiary/aromatic N) is 2. The zero-order valence-electron chi connectivity index (χ0n) is 11.8. The summed E-state index contributed by atoms with van der Waals surface area (Å²) in [6.45, 7) is 0. The van der Waals surface area contributed by atoms with Crippen molar-refractivity contribution in [3.8, 4) is 0 Å². The fourth-order valence-electron chi connectivity index (χ4n) is 2.12. The first-order valence-electron chi connectivity index (χ1n) is 6.73. The van der Waals surface area contributed by atoms with Crippen molar-refractivity contribution in [1.82, 2.24) is 4.98 Å². The summed E-state index contributed by atoms with van der Waals surface area (Å²) in [5.41, 5.74) is 7.57. The van der Waals surface area contributed by atoms with Crippen LogP contribution in [0.2, 0.25) is 5.32 Å². The van der Waals surface area contributed by atoms with Crippen LogP contribution in [0.4, 0.5) is 5.82 Å². The average molecular weight is 358 g/mol. The van der Waals surface area contributed by atoms with Gasteiger partial charge in [-0.1, -0.05) is 0 Å². The molecule has 0 fully saturated rings. The normalized spacial score (nSPS) is 10.7. The van der Waals surface area contributed by atoms with E-state index in [0.29, 0.717) is 21.4 Å². The summed E-state index contributed by atoms with van der Waals surface area (Å²) in [4.78, 5) is 16.7. The molecule has 0 amide bonds. The SMILES string of the molecule is Nc1c2ccccc2nc([Se]CC(=O)c2ccccc2)[n+]1N. The van der Waals surface area contributed by atoms with Crippen LogP contribution in [0.15, 0.2) is 54.6 Å². The monoisotopic (exact) mass is 359 g/mol. The zero-order chi connectivity index (χ0) is 15.5. The number of fused-ring (bicyclic) bond motifs is 1. The molecule has 0 radical (unpaired) electrons. The van der Waals surface area contributed by atoms with Gasteiger partial charge in [-0.05, 0) is 0 Å². The van der Waals surface area contributed by atoms with Crippen LogP contribution in [0, 0.1) is 0 Å². The quantitative estimate of drug-likeness (QED) is 0.307. The van der Waals surface area contributed by atoms with Crippen LogP contribution in [0.5, 0.6) is 0 Å². The Balaban J connectivity index is 1.85. The van der Waals surface area contributed by atoms with E-state index < -0.39 is 0 Å². The van der Waals surface area contributed by atoms with Crippen molar-refractivity contribution in [2.24, 2.45) is 0 Å². The predicted molar refractivity (Wildman–Crippen MR) is 87.5 cm³/mol. The van der Waals surface area contributed by atoms with Gasteiger partial charge in [-0.25, -0.2) is 0 Å². The first kappa shape index (κ1) is 14.5. The first-order valence-corrected chi connectivity index (χ1v) is 8.80. The Labute approximate surface area is 134 Å². The second-order valence-electron chi connectivity index (χ2n) is 4.74. The summed E-state index contributed by atoms with van der Waals surface area (Å²) < 4.78 is 2.05. The molecular weight excluding hydrogens is 343 g/mol. The zero-order valence-corrected chi connectivity index (χ0v) is 13.5. The number of Topliss-reactive ketones (excluding diaryl/α,β-unsaturated/α-hetero) is 1. The number of para-hydroxylation sites is 1. The second kappa shape index (κ2) is 6.13. The van der Waals surface area contributed by atoms with E-state index in [4.69, 9.17) is 11.6 Å². The van der Waals surface area contributed by atoms with E-state index in [1.54, 1.807) is 0 Å². The minimum atomic E-state index is -0.181. The molecule has 0 atom stereocenters. The van der Waals surface area contributed by atoms with Crippen molar-refractivity contribution in [3.05, 3.63) is 60.2 Å². The number of carbonyl (C=O) groups is 1. The molecule has 2 aromatic carbocycles. The molecule has 4 N–H and O–H groups in total. The van der Waals surface area contributed by atoms with Gasteiger partial charge in [0.1, 0.15) is 0 Å². The summed E-state index contributed by atoms with van der Waals surface area (Å²) in [5.74, 6) is 6.57. The molecule has 0 aliphatic rings. The fraction of sp³-hybridized carbons (Fsp3) is 0.0625. The van der Waals surface area contributed by atoms with Crippen molar-refractivity contribution < 1.29 is 9.47 Å². The van der Waals surface area contributed by atoms with Crippen molar-refractivity contribution >= 4 is 42.2 Å². The van der Waals surface area contributed by atoms with Gasteiger partial charge >= 0.3 is 134 Å². The van der Waals surface area contributed by atoms with Crippen LogP contribution in [-0.2, 0) is 0 Å². The van der Waals surface area contributed by atoms with E-state index in [0.717, 1.165) is 10.9 Å². The van der Waals surface area contributed by atoms with Crippen LogP contribution >= 0.6 is 0 Å². The Morgan fingerprint density at radius 2 is 1.77 bits per heavy atom. The molecule has 0 saturated heterocycles. The van der Waals surface area contributed by atoms with Gasteiger partial charge in [0.15, 0.2) is 0 Å². The van der Waals surface area contributed by atoms with Crippen LogP contribution in [0.1, 0.15) is 10.4 Å². The van der Waals surface area contributed by atoms with Gasteiger partial charge in [-0.3, -0.25) is 0 Å². The Morgan fingerprint density at radius 3 is 2.55 bits per heavy atom. The Bertz CT molecular complexity index is 836. The molecule has 5 nitrogen and oxygen atoms in total. The van der Waals surface area contributed by atoms with E-state index in [1.165, 1.54) is 4.68 Å². The summed E-state index contributed by atoms with van der Waals surface area (Å²) >= 11 is -0.181. The number of rotatable bonds is 4. The van der Waals surface area contributed by atoms with E-state index in [2.05, 4.69) is 4.98 Å². The van der Waals surface area contributed by atoms with E-state index in [-0.39, 0.29) is 20.7 Å². The van der Waals surface area contributed by atoms with Crippen LogP contribution in [0.25, 0.3) is 10.9 Å². The maximum absolute atomic E-state index is 12.2. The van der Waals surface area contributed by atoms with Crippen LogP contribution < -0.4 is 21.0 Å². The molecule has 0 bridgehead atoms. The Hall–Kier alpha value is -2.43. The number of nitrogen functional groups attached to an aromatic ring is 2. The number of anilines is 1. The van der Waals surface area contributed by atoms with E-state index in [9.17, 15) is 4.79 Å². The second-order valence-corrected chi connectivity index (χ2v) is 6.72. The number of benzene rings is 2. The van der Waals surface area contributed by atoms with Gasteiger partial charge in [0, 0.05) is 0 Å². The number of ketones is 1. The molecule has 0 aliphatic carbocycles. The third kappa shape index (κ3) is 2.79. The molecule has 1 heterocycles. The standard InChI is InChI=1S/C16H14N4OSe/c17-15-12-8-4-5-9-13(12)19-16(20(15)18)22-10-14(21)11-6-2-1-3-7-11/h1-9,17H,10,18H2/p+1. The van der Waals surface area contributed by atoms with E-state index in [1.807, 2.05) is 54.6 Å². The summed E-state index contributed by atoms with van der Waals surface area (Å²) in [6.07, 6.45) is 0. The summed E-state index contributed by atoms with van der Waals surface area (Å²) in [6, 6.07) is 16.8. The van der Waals surface area contributed by atoms with Gasteiger partial charge in [0.2, 0.25) is 0 Å². The number of nitrogens with two attached hydrogens (primary N) is 2. The predicted octanol–water partition coefficient (Wildman–Crippen LogP) is 0.449. The fourth-order valence-corrected chi connectivity index (χ4v) is 3.85. The molecule has 0 unspecified atom stereocenters. The van der Waals surface area contributed by atoms with Crippen molar-refractivity contribution in [1.29, 1.82) is 0 Å². The Morgan fingerprint density at radius 1 is 1.09 bits per heavy atom. The minimum absolute atomic E-state index is 0.0918. The molecule has 6 heteroatoms. The van der Waals surface area contributed by atoms with E-state index >= 15 is 0 Å². The number of hydrogen-bond acceptors (Lipinski definition) is 4. The van der Waals surface area contributed by atoms with Gasteiger partial charge in [0.25, 0.3) is 0 Å². The molecule has 3 rings (SSSR count). The molecular formula is C16H15N4OSe+. The molecule has 0 saturated carbocycles. The number of hydrogen-bond donors (Lipinski definition) is 2. The van der Waals surface area contributed by atoms with Crippen LogP contribution in [-0.4, -0.2) is 25.7 Å². The van der Waals surface area contributed by atoms with Crippen LogP contribution in [0.3, 0.4) is 0 Å². The summed E-state index contributed by atoms with van der Waals surface area (Å²) in [5, 5.41) is 1.22. The van der Waals surface area contributed by atoms with Gasteiger partial charge < -0.3 is 0 Å². The van der Waals surface area contributed by atoms with Crippen molar-refractivity contribution in [3.63, 3.8) is 0 Å². The Kier molecular flexibility index (Phi) is 4.04. The maximum atomic E-state index is 12.2. The topological polar surface area (TPSA) is 85.9 Å². The first-order chi connectivity index (χ1) is 10.7. The molecule has 0 aliphatic heterocycles.